The first-order valence-corrected chi connectivity index (χ1v) is 9.55. The summed E-state index contributed by atoms with van der Waals surface area (Å²) in [4.78, 5) is 13.5. The fourth-order valence-electron chi connectivity index (χ4n) is 3.35. The van der Waals surface area contributed by atoms with Crippen LogP contribution in [0.4, 0.5) is 11.5 Å². The van der Waals surface area contributed by atoms with Crippen LogP contribution < -0.4 is 10.2 Å². The van der Waals surface area contributed by atoms with Gasteiger partial charge in [-0.25, -0.2) is 4.98 Å². The van der Waals surface area contributed by atoms with Gasteiger partial charge in [-0.15, -0.1) is 0 Å². The van der Waals surface area contributed by atoms with Crippen molar-refractivity contribution in [3.05, 3.63) is 79.3 Å². The lowest BCUT2D eigenvalue weighted by Crippen LogP contribution is -2.44. The molecule has 3 aromatic rings. The van der Waals surface area contributed by atoms with Crippen molar-refractivity contribution >= 4 is 17.2 Å². The molecule has 1 fully saturated rings. The predicted molar refractivity (Wildman–Crippen MR) is 116 cm³/mol. The molecule has 0 amide bonds. The van der Waals surface area contributed by atoms with Crippen molar-refractivity contribution in [1.29, 1.82) is 0 Å². The summed E-state index contributed by atoms with van der Waals surface area (Å²) in [6, 6.07) is 16.7. The summed E-state index contributed by atoms with van der Waals surface area (Å²) in [5, 5.41) is 3.25. The van der Waals surface area contributed by atoms with E-state index in [2.05, 4.69) is 69.0 Å². The van der Waals surface area contributed by atoms with Gasteiger partial charge in [0.25, 0.3) is 0 Å². The second kappa shape index (κ2) is 8.23. The maximum Gasteiger partial charge on any atom is 0.130 e. The number of nitrogens with zero attached hydrogens (tertiary/aromatic N) is 4. The molecule has 0 saturated carbocycles. The monoisotopic (exact) mass is 371 g/mol. The van der Waals surface area contributed by atoms with Gasteiger partial charge in [0.15, 0.2) is 0 Å². The first kappa shape index (κ1) is 18.2. The average Bonchev–Trinajstić information content (AvgIpc) is 2.75. The van der Waals surface area contributed by atoms with E-state index < -0.39 is 0 Å². The molecule has 0 atom stereocenters. The van der Waals surface area contributed by atoms with Crippen molar-refractivity contribution in [2.24, 2.45) is 0 Å². The minimum atomic E-state index is 0.771. The molecule has 0 unspecified atom stereocenters. The Bertz CT molecular complexity index is 929. The van der Waals surface area contributed by atoms with E-state index in [1.54, 1.807) is 12.4 Å². The van der Waals surface area contributed by atoms with Crippen molar-refractivity contribution in [2.45, 2.75) is 0 Å². The Morgan fingerprint density at radius 2 is 1.82 bits per heavy atom. The Morgan fingerprint density at radius 3 is 2.54 bits per heavy atom. The van der Waals surface area contributed by atoms with E-state index in [0.29, 0.717) is 0 Å². The topological polar surface area (TPSA) is 44.3 Å². The summed E-state index contributed by atoms with van der Waals surface area (Å²) >= 11 is 0. The lowest BCUT2D eigenvalue weighted by Gasteiger charge is -2.34. The number of hydrogen-bond donors (Lipinski definition) is 1. The van der Waals surface area contributed by atoms with Gasteiger partial charge in [-0.2, -0.15) is 0 Å². The van der Waals surface area contributed by atoms with Crippen LogP contribution >= 0.6 is 0 Å². The Balaban J connectivity index is 1.47. The zero-order chi connectivity index (χ0) is 19.3. The van der Waals surface area contributed by atoms with Crippen molar-refractivity contribution in [1.82, 2.24) is 14.9 Å². The van der Waals surface area contributed by atoms with Crippen LogP contribution in [0.1, 0.15) is 5.56 Å². The third-order valence-corrected chi connectivity index (χ3v) is 5.10. The zero-order valence-corrected chi connectivity index (χ0v) is 16.2. The molecule has 3 heterocycles. The zero-order valence-electron chi connectivity index (χ0n) is 16.2. The van der Waals surface area contributed by atoms with Gasteiger partial charge in [-0.05, 0) is 49.0 Å². The van der Waals surface area contributed by atoms with Crippen LogP contribution in [-0.4, -0.2) is 48.1 Å². The van der Waals surface area contributed by atoms with Crippen LogP contribution in [0, 0.1) is 0 Å². The van der Waals surface area contributed by atoms with Crippen molar-refractivity contribution < 1.29 is 0 Å². The van der Waals surface area contributed by atoms with Crippen LogP contribution in [0.15, 0.2) is 73.7 Å². The van der Waals surface area contributed by atoms with Gasteiger partial charge in [-0.1, -0.05) is 18.7 Å². The molecule has 142 valence electrons. The number of aromatic nitrogens is 2. The molecule has 5 nitrogen and oxygen atoms in total. The standard InChI is InChI=1S/C23H25N5/c1-18(20-6-4-10-24-16-20)26-23-9-8-21(17-25-23)19-5-3-7-22(15-19)28-13-11-27(2)12-14-28/h3-10,15-17H,1,11-14H2,2H3,(H,25,26). The molecule has 0 bridgehead atoms. The Morgan fingerprint density at radius 1 is 0.964 bits per heavy atom. The highest BCUT2D eigenvalue weighted by molar-refractivity contribution is 5.74. The van der Waals surface area contributed by atoms with Crippen molar-refractivity contribution in [3.63, 3.8) is 0 Å². The minimum Gasteiger partial charge on any atom is -0.369 e. The summed E-state index contributed by atoms with van der Waals surface area (Å²) in [5.74, 6) is 0.771. The molecule has 1 aliphatic heterocycles. The highest BCUT2D eigenvalue weighted by Gasteiger charge is 2.14. The van der Waals surface area contributed by atoms with E-state index in [9.17, 15) is 0 Å². The fraction of sp³-hybridized carbons (Fsp3) is 0.217. The SMILES string of the molecule is C=C(Nc1ccc(-c2cccc(N3CCN(C)CC3)c2)cn1)c1cccnc1. The molecule has 1 aromatic carbocycles. The highest BCUT2D eigenvalue weighted by atomic mass is 15.2. The van der Waals surface area contributed by atoms with Gasteiger partial charge in [0.05, 0.1) is 0 Å². The van der Waals surface area contributed by atoms with Gasteiger partial charge in [-0.3, -0.25) is 4.98 Å². The summed E-state index contributed by atoms with van der Waals surface area (Å²) in [6.45, 7) is 8.41. The van der Waals surface area contributed by atoms with Gasteiger partial charge in [0.2, 0.25) is 0 Å². The Labute approximate surface area is 166 Å². The Hall–Kier alpha value is -3.18. The van der Waals surface area contributed by atoms with Gasteiger partial charge in [0, 0.05) is 67.3 Å². The number of rotatable bonds is 5. The number of pyridine rings is 2. The number of nitrogens with one attached hydrogen (secondary N) is 1. The van der Waals surface area contributed by atoms with Gasteiger partial charge < -0.3 is 15.1 Å². The maximum absolute atomic E-state index is 4.56. The van der Waals surface area contributed by atoms with Crippen LogP contribution in [0.25, 0.3) is 16.8 Å². The first-order chi connectivity index (χ1) is 13.7. The molecule has 28 heavy (non-hydrogen) atoms. The molecule has 5 heteroatoms. The maximum atomic E-state index is 4.56. The van der Waals surface area contributed by atoms with E-state index in [1.807, 2.05) is 24.4 Å². The lowest BCUT2D eigenvalue weighted by molar-refractivity contribution is 0.313. The molecule has 4 rings (SSSR count). The van der Waals surface area contributed by atoms with E-state index in [1.165, 1.54) is 11.3 Å². The molecular weight excluding hydrogens is 346 g/mol. The third kappa shape index (κ3) is 4.21. The summed E-state index contributed by atoms with van der Waals surface area (Å²) in [7, 11) is 2.18. The third-order valence-electron chi connectivity index (χ3n) is 5.10. The fourth-order valence-corrected chi connectivity index (χ4v) is 3.35. The molecule has 1 N–H and O–H groups in total. The molecule has 2 aromatic heterocycles. The summed E-state index contributed by atoms with van der Waals surface area (Å²) in [5.41, 5.74) is 5.30. The van der Waals surface area contributed by atoms with Crippen LogP contribution in [-0.2, 0) is 0 Å². The smallest absolute Gasteiger partial charge is 0.130 e. The molecule has 1 saturated heterocycles. The molecule has 0 aliphatic carbocycles. The second-order valence-electron chi connectivity index (χ2n) is 7.12. The first-order valence-electron chi connectivity index (χ1n) is 9.55. The van der Waals surface area contributed by atoms with Crippen molar-refractivity contribution in [3.8, 4) is 11.1 Å². The molecular formula is C23H25N5. The number of hydrogen-bond acceptors (Lipinski definition) is 5. The van der Waals surface area contributed by atoms with Gasteiger partial charge in [0.1, 0.15) is 5.82 Å². The Kier molecular flexibility index (Phi) is 5.35. The predicted octanol–water partition coefficient (Wildman–Crippen LogP) is 3.98. The normalized spacial score (nSPS) is 14.7. The number of anilines is 2. The van der Waals surface area contributed by atoms with E-state index in [-0.39, 0.29) is 0 Å². The second-order valence-corrected chi connectivity index (χ2v) is 7.12. The molecule has 0 radical (unpaired) electrons. The average molecular weight is 371 g/mol. The van der Waals surface area contributed by atoms with Crippen LogP contribution in [0.3, 0.4) is 0 Å². The number of benzene rings is 1. The van der Waals surface area contributed by atoms with Gasteiger partial charge >= 0.3 is 0 Å². The molecule has 0 spiro atoms. The van der Waals surface area contributed by atoms with Crippen molar-refractivity contribution in [2.75, 3.05) is 43.4 Å². The summed E-state index contributed by atoms with van der Waals surface area (Å²) in [6.07, 6.45) is 5.44. The van der Waals surface area contributed by atoms with E-state index in [4.69, 9.17) is 0 Å². The van der Waals surface area contributed by atoms with E-state index in [0.717, 1.165) is 48.8 Å². The number of likely N-dealkylation sites (N-methyl/N-ethyl adjacent to an activating group) is 1. The quantitative estimate of drug-likeness (QED) is 0.735. The van der Waals surface area contributed by atoms with E-state index >= 15 is 0 Å². The largest absolute Gasteiger partial charge is 0.369 e. The minimum absolute atomic E-state index is 0.771. The number of piperazine rings is 1. The highest BCUT2D eigenvalue weighted by Crippen LogP contribution is 2.26. The molecule has 1 aliphatic rings. The summed E-state index contributed by atoms with van der Waals surface area (Å²) < 4.78 is 0. The lowest BCUT2D eigenvalue weighted by atomic mass is 10.1. The van der Waals surface area contributed by atoms with Crippen LogP contribution in [0.5, 0.6) is 0 Å². The van der Waals surface area contributed by atoms with Crippen LogP contribution in [0.2, 0.25) is 0 Å².